The minimum Gasteiger partial charge on any atom is -0.464 e. The summed E-state index contributed by atoms with van der Waals surface area (Å²) in [5.41, 5.74) is 5.68. The van der Waals surface area contributed by atoms with Crippen molar-refractivity contribution < 1.29 is 29.4 Å². The number of nitrogens with two attached hydrogens (primary N) is 1. The first-order valence-electron chi connectivity index (χ1n) is 7.93. The molecule has 2 heterocycles. The van der Waals surface area contributed by atoms with Crippen LogP contribution in [0.4, 0.5) is 10.7 Å². The summed E-state index contributed by atoms with van der Waals surface area (Å²) in [4.78, 5) is 23.4. The number of hydrogen-bond acceptors (Lipinski definition) is 11. The number of cyclic esters (lactones) is 1. The Labute approximate surface area is 158 Å². The fraction of sp³-hybridized carbons (Fsp3) is 0.375. The highest BCUT2D eigenvalue weighted by Crippen LogP contribution is 2.40. The Bertz CT molecular complexity index is 826. The van der Waals surface area contributed by atoms with E-state index in [-0.39, 0.29) is 29.3 Å². The molecule has 27 heavy (non-hydrogen) atoms. The number of nitrogen functional groups attached to an aromatic ring is 1. The van der Waals surface area contributed by atoms with Crippen LogP contribution in [0.15, 0.2) is 17.3 Å². The van der Waals surface area contributed by atoms with Gasteiger partial charge in [0.25, 0.3) is 0 Å². The quantitative estimate of drug-likeness (QED) is 0.227. The molecule has 5 N–H and O–H groups in total. The molecule has 0 amide bonds. The van der Waals surface area contributed by atoms with E-state index in [0.717, 1.165) is 17.4 Å². The van der Waals surface area contributed by atoms with Crippen LogP contribution in [0.5, 0.6) is 0 Å². The average Bonchev–Trinajstić information content (AvgIpc) is 3.18. The van der Waals surface area contributed by atoms with Gasteiger partial charge in [0.1, 0.15) is 28.8 Å². The Morgan fingerprint density at radius 2 is 2.41 bits per heavy atom. The average molecular weight is 394 g/mol. The molecule has 144 valence electrons. The smallest absolute Gasteiger partial charge is 0.360 e. The molecule has 0 bridgehead atoms. The van der Waals surface area contributed by atoms with E-state index in [4.69, 9.17) is 20.4 Å². The van der Waals surface area contributed by atoms with Crippen molar-refractivity contribution in [3.8, 4) is 6.07 Å². The zero-order valence-electron chi connectivity index (χ0n) is 14.3. The van der Waals surface area contributed by atoms with Gasteiger partial charge >= 0.3 is 11.9 Å². The number of aliphatic hydroxyl groups excluding tert-OH is 1. The lowest BCUT2D eigenvalue weighted by atomic mass is 10.1. The fourth-order valence-corrected chi connectivity index (χ4v) is 3.39. The van der Waals surface area contributed by atoms with Gasteiger partial charge in [-0.2, -0.15) is 5.26 Å². The van der Waals surface area contributed by atoms with Crippen molar-refractivity contribution in [3.63, 3.8) is 0 Å². The molecular formula is C16H18N4O6S. The van der Waals surface area contributed by atoms with Crippen molar-refractivity contribution in [1.29, 1.82) is 5.26 Å². The summed E-state index contributed by atoms with van der Waals surface area (Å²) in [6, 6.07) is 1.35. The summed E-state index contributed by atoms with van der Waals surface area (Å²) >= 11 is 0.999. The predicted molar refractivity (Wildman–Crippen MR) is 96.4 cm³/mol. The van der Waals surface area contributed by atoms with E-state index in [1.54, 1.807) is 6.92 Å². The zero-order valence-corrected chi connectivity index (χ0v) is 15.2. The van der Waals surface area contributed by atoms with Crippen LogP contribution in [0.2, 0.25) is 0 Å². The third-order valence-corrected chi connectivity index (χ3v) is 4.83. The third-order valence-electron chi connectivity index (χ3n) is 3.62. The number of aliphatic hydroxyl groups is 1. The zero-order chi connectivity index (χ0) is 20.0. The summed E-state index contributed by atoms with van der Waals surface area (Å²) < 4.78 is 9.56. The summed E-state index contributed by atoms with van der Waals surface area (Å²) in [5, 5.41) is 34.6. The van der Waals surface area contributed by atoms with Crippen molar-refractivity contribution in [2.75, 3.05) is 24.3 Å². The second-order valence-corrected chi connectivity index (χ2v) is 6.41. The van der Waals surface area contributed by atoms with Crippen LogP contribution in [0.25, 0.3) is 0 Å². The molecule has 0 radical (unpaired) electrons. The summed E-state index contributed by atoms with van der Waals surface area (Å²) in [6.45, 7) is 1.97. The fourth-order valence-electron chi connectivity index (χ4n) is 2.30. The number of carbonyl (C=O) groups is 2. The molecule has 1 aliphatic rings. The van der Waals surface area contributed by atoms with Gasteiger partial charge in [0.15, 0.2) is 5.71 Å². The minimum atomic E-state index is -1.28. The molecule has 2 rings (SSSR count). The molecule has 10 nitrogen and oxygen atoms in total. The van der Waals surface area contributed by atoms with E-state index in [0.29, 0.717) is 11.4 Å². The normalized spacial score (nSPS) is 18.2. The van der Waals surface area contributed by atoms with Crippen molar-refractivity contribution in [1.82, 2.24) is 0 Å². The van der Waals surface area contributed by atoms with Crippen molar-refractivity contribution in [3.05, 3.63) is 22.6 Å². The lowest BCUT2D eigenvalue weighted by Gasteiger charge is -2.08. The molecule has 1 saturated heterocycles. The highest BCUT2D eigenvalue weighted by Gasteiger charge is 2.29. The van der Waals surface area contributed by atoms with Crippen LogP contribution < -0.4 is 11.1 Å². The number of nitriles is 1. The second kappa shape index (κ2) is 9.02. The molecule has 0 aromatic carbocycles. The summed E-state index contributed by atoms with van der Waals surface area (Å²) in [5.74, 6) is -1.28. The highest BCUT2D eigenvalue weighted by atomic mass is 32.1. The summed E-state index contributed by atoms with van der Waals surface area (Å²) in [6.07, 6.45) is 1.42. The number of ether oxygens (including phenoxy) is 2. The van der Waals surface area contributed by atoms with E-state index >= 15 is 0 Å². The van der Waals surface area contributed by atoms with Gasteiger partial charge in [-0.25, -0.2) is 9.59 Å². The molecule has 0 aliphatic carbocycles. The van der Waals surface area contributed by atoms with Crippen LogP contribution >= 0.6 is 11.3 Å². The molecule has 2 atom stereocenters. The Kier molecular flexibility index (Phi) is 6.75. The molecule has 0 spiro atoms. The number of oxime groups is 1. The number of esters is 2. The van der Waals surface area contributed by atoms with Gasteiger partial charge in [0.05, 0.1) is 23.8 Å². The van der Waals surface area contributed by atoms with E-state index in [1.165, 1.54) is 6.08 Å². The van der Waals surface area contributed by atoms with Crippen LogP contribution in [-0.4, -0.2) is 47.2 Å². The number of hydrogen-bond donors (Lipinski definition) is 4. The SMILES string of the molecule is CCOC(=O)C(/C=C/C(O)c1sc(NC2CCOC2=O)c(C#N)c1N)=N/O. The van der Waals surface area contributed by atoms with Crippen LogP contribution in [0.1, 0.15) is 29.9 Å². The Balaban J connectivity index is 2.22. The molecule has 1 aromatic rings. The molecule has 11 heteroatoms. The maximum Gasteiger partial charge on any atom is 0.360 e. The first-order chi connectivity index (χ1) is 12.9. The number of nitrogens with one attached hydrogen (secondary N) is 1. The topological polar surface area (TPSA) is 167 Å². The largest absolute Gasteiger partial charge is 0.464 e. The Hall–Kier alpha value is -3.10. The monoisotopic (exact) mass is 394 g/mol. The van der Waals surface area contributed by atoms with Crippen molar-refractivity contribution in [2.24, 2.45) is 5.16 Å². The van der Waals surface area contributed by atoms with E-state index in [9.17, 15) is 20.0 Å². The number of carbonyl (C=O) groups excluding carboxylic acids is 2. The second-order valence-electron chi connectivity index (χ2n) is 5.36. The maximum atomic E-state index is 11.6. The minimum absolute atomic E-state index is 0.0483. The van der Waals surface area contributed by atoms with E-state index in [1.807, 2.05) is 6.07 Å². The summed E-state index contributed by atoms with van der Waals surface area (Å²) in [7, 11) is 0. The maximum absolute atomic E-state index is 11.6. The Morgan fingerprint density at radius 3 is 2.96 bits per heavy atom. The lowest BCUT2D eigenvalue weighted by Crippen LogP contribution is -2.24. The Morgan fingerprint density at radius 1 is 1.67 bits per heavy atom. The van der Waals surface area contributed by atoms with Gasteiger partial charge in [0, 0.05) is 6.42 Å². The lowest BCUT2D eigenvalue weighted by molar-refractivity contribution is -0.138. The molecule has 1 aromatic heterocycles. The molecule has 1 aliphatic heterocycles. The van der Waals surface area contributed by atoms with Crippen molar-refractivity contribution >= 4 is 39.7 Å². The van der Waals surface area contributed by atoms with Gasteiger partial charge in [-0.05, 0) is 19.1 Å². The van der Waals surface area contributed by atoms with E-state index in [2.05, 4.69) is 10.5 Å². The van der Waals surface area contributed by atoms with Gasteiger partial charge in [0.2, 0.25) is 0 Å². The first kappa shape index (κ1) is 20.2. The van der Waals surface area contributed by atoms with Crippen LogP contribution in [0, 0.1) is 11.3 Å². The van der Waals surface area contributed by atoms with Gasteiger partial charge in [-0.15, -0.1) is 11.3 Å². The van der Waals surface area contributed by atoms with Crippen LogP contribution in [-0.2, 0) is 19.1 Å². The van der Waals surface area contributed by atoms with Gasteiger partial charge in [-0.1, -0.05) is 5.16 Å². The van der Waals surface area contributed by atoms with E-state index < -0.39 is 29.8 Å². The molecule has 2 unspecified atom stereocenters. The molecule has 1 fully saturated rings. The first-order valence-corrected chi connectivity index (χ1v) is 8.75. The highest BCUT2D eigenvalue weighted by molar-refractivity contribution is 7.17. The number of thiophene rings is 1. The number of rotatable bonds is 7. The molecule has 0 saturated carbocycles. The predicted octanol–water partition coefficient (Wildman–Crippen LogP) is 0.912. The van der Waals surface area contributed by atoms with Gasteiger partial charge < -0.3 is 30.8 Å². The third kappa shape index (κ3) is 4.55. The van der Waals surface area contributed by atoms with Crippen LogP contribution in [0.3, 0.4) is 0 Å². The van der Waals surface area contributed by atoms with Gasteiger partial charge in [-0.3, -0.25) is 0 Å². The number of nitrogens with zero attached hydrogens (tertiary/aromatic N) is 2. The number of anilines is 2. The standard InChI is InChI=1S/C16H18N4O6S/c1-2-25-16(23)10(20-24)3-4-11(21)13-12(18)8(7-17)14(27-13)19-9-5-6-26-15(9)22/h3-4,9,11,19,21,24H,2,5-6,18H2,1H3/b4-3+,20-10+. The van der Waals surface area contributed by atoms with Crippen molar-refractivity contribution in [2.45, 2.75) is 25.5 Å². The molecular weight excluding hydrogens is 376 g/mol.